The summed E-state index contributed by atoms with van der Waals surface area (Å²) < 4.78 is 13.1. The van der Waals surface area contributed by atoms with Crippen LogP contribution in [-0.2, 0) is 0 Å². The summed E-state index contributed by atoms with van der Waals surface area (Å²) >= 11 is 6.03. The highest BCUT2D eigenvalue weighted by atomic mass is 35.5. The van der Waals surface area contributed by atoms with Gasteiger partial charge in [0.05, 0.1) is 0 Å². The molecule has 0 saturated heterocycles. The van der Waals surface area contributed by atoms with Crippen molar-refractivity contribution in [1.29, 1.82) is 0 Å². The summed E-state index contributed by atoms with van der Waals surface area (Å²) in [5, 5.41) is 0.403. The number of hydrogen-bond acceptors (Lipinski definition) is 2. The van der Waals surface area contributed by atoms with Crippen LogP contribution in [-0.4, -0.2) is 11.3 Å². The molecule has 1 saturated carbocycles. The highest BCUT2D eigenvalue weighted by molar-refractivity contribution is 6.29. The van der Waals surface area contributed by atoms with Gasteiger partial charge >= 0.3 is 0 Å². The zero-order chi connectivity index (χ0) is 13.4. The first kappa shape index (κ1) is 12.3. The van der Waals surface area contributed by atoms with Crippen LogP contribution in [0.5, 0.6) is 0 Å². The van der Waals surface area contributed by atoms with Crippen molar-refractivity contribution in [3.63, 3.8) is 0 Å². The molecule has 0 spiro atoms. The van der Waals surface area contributed by atoms with Crippen molar-refractivity contribution in [3.05, 3.63) is 52.6 Å². The fraction of sp³-hybridized carbons (Fsp3) is 0.200. The monoisotopic (exact) mass is 275 g/mol. The maximum absolute atomic E-state index is 13.1. The molecule has 0 radical (unpaired) electrons. The number of nitrogens with zero attached hydrogens (tertiary/aromatic N) is 1. The molecule has 2 nitrogen and oxygen atoms in total. The summed E-state index contributed by atoms with van der Waals surface area (Å²) in [5.41, 5.74) is 2.76. The molecule has 1 aliphatic rings. The molecule has 1 fully saturated rings. The smallest absolute Gasteiger partial charge is 0.150 e. The lowest BCUT2D eigenvalue weighted by Crippen LogP contribution is -1.93. The second kappa shape index (κ2) is 4.74. The van der Waals surface area contributed by atoms with Crippen LogP contribution in [0.1, 0.15) is 34.8 Å². The summed E-state index contributed by atoms with van der Waals surface area (Å²) in [5.74, 6) is 0.0472. The lowest BCUT2D eigenvalue weighted by molar-refractivity contribution is 0.112. The van der Waals surface area contributed by atoms with Crippen molar-refractivity contribution in [2.45, 2.75) is 18.8 Å². The van der Waals surface area contributed by atoms with Crippen molar-refractivity contribution in [2.75, 3.05) is 0 Å². The number of hydrogen-bond donors (Lipinski definition) is 0. The largest absolute Gasteiger partial charge is 0.298 e. The molecule has 0 amide bonds. The second-order valence-corrected chi connectivity index (χ2v) is 5.11. The molecule has 2 aromatic rings. The highest BCUT2D eigenvalue weighted by Crippen LogP contribution is 2.41. The number of benzene rings is 1. The van der Waals surface area contributed by atoms with Gasteiger partial charge in [-0.2, -0.15) is 0 Å². The Hall–Kier alpha value is -1.74. The maximum Gasteiger partial charge on any atom is 0.150 e. The van der Waals surface area contributed by atoms with Crippen LogP contribution in [0.2, 0.25) is 5.15 Å². The van der Waals surface area contributed by atoms with Gasteiger partial charge in [0.1, 0.15) is 11.0 Å². The van der Waals surface area contributed by atoms with E-state index < -0.39 is 5.82 Å². The van der Waals surface area contributed by atoms with Crippen LogP contribution in [0.3, 0.4) is 0 Å². The van der Waals surface area contributed by atoms with Gasteiger partial charge in [0, 0.05) is 17.2 Å². The molecule has 19 heavy (non-hydrogen) atoms. The van der Waals surface area contributed by atoms with Crippen LogP contribution >= 0.6 is 11.6 Å². The van der Waals surface area contributed by atoms with Crippen LogP contribution in [0.25, 0.3) is 11.1 Å². The fourth-order valence-electron chi connectivity index (χ4n) is 2.15. The van der Waals surface area contributed by atoms with Crippen LogP contribution in [0.15, 0.2) is 30.3 Å². The number of pyridine rings is 1. The van der Waals surface area contributed by atoms with E-state index in [2.05, 4.69) is 4.98 Å². The van der Waals surface area contributed by atoms with Gasteiger partial charge in [-0.15, -0.1) is 0 Å². The summed E-state index contributed by atoms with van der Waals surface area (Å²) in [4.78, 5) is 15.4. The summed E-state index contributed by atoms with van der Waals surface area (Å²) in [6.45, 7) is 0. The Morgan fingerprint density at radius 3 is 2.74 bits per heavy atom. The van der Waals surface area contributed by atoms with E-state index in [1.54, 1.807) is 12.1 Å². The zero-order valence-electron chi connectivity index (χ0n) is 10.1. The van der Waals surface area contributed by atoms with Crippen molar-refractivity contribution >= 4 is 17.9 Å². The van der Waals surface area contributed by atoms with Gasteiger partial charge in [0.25, 0.3) is 0 Å². The maximum atomic E-state index is 13.1. The lowest BCUT2D eigenvalue weighted by Gasteiger charge is -2.08. The third-order valence-electron chi connectivity index (χ3n) is 3.26. The SMILES string of the molecule is O=Cc1cc(F)ccc1-c1cc(Cl)nc(C2CC2)c1. The quantitative estimate of drug-likeness (QED) is 0.620. The Balaban J connectivity index is 2.13. The van der Waals surface area contributed by atoms with E-state index in [-0.39, 0.29) is 0 Å². The van der Waals surface area contributed by atoms with E-state index in [0.29, 0.717) is 28.5 Å². The van der Waals surface area contributed by atoms with Crippen molar-refractivity contribution in [3.8, 4) is 11.1 Å². The molecule has 0 unspecified atom stereocenters. The molecule has 3 rings (SSSR count). The van der Waals surface area contributed by atoms with Gasteiger partial charge < -0.3 is 0 Å². The fourth-order valence-corrected chi connectivity index (χ4v) is 2.37. The Labute approximate surface area is 115 Å². The van der Waals surface area contributed by atoms with E-state index >= 15 is 0 Å². The number of halogens is 2. The van der Waals surface area contributed by atoms with Gasteiger partial charge in [-0.1, -0.05) is 17.7 Å². The summed E-state index contributed by atoms with van der Waals surface area (Å²) in [6, 6.07) is 7.81. The van der Waals surface area contributed by atoms with Crippen LogP contribution in [0.4, 0.5) is 4.39 Å². The first-order valence-electron chi connectivity index (χ1n) is 6.10. The first-order valence-corrected chi connectivity index (χ1v) is 6.48. The topological polar surface area (TPSA) is 30.0 Å². The number of rotatable bonds is 3. The number of carbonyl (C=O) groups is 1. The number of carbonyl (C=O) groups excluding carboxylic acids is 1. The minimum absolute atomic E-state index is 0.323. The molecule has 1 aliphatic carbocycles. The third kappa shape index (κ3) is 2.51. The molecular weight excluding hydrogens is 265 g/mol. The van der Waals surface area contributed by atoms with Gasteiger partial charge in [0.15, 0.2) is 6.29 Å². The van der Waals surface area contributed by atoms with E-state index in [1.807, 2.05) is 6.07 Å². The molecule has 1 heterocycles. The molecule has 1 aromatic carbocycles. The molecular formula is C15H11ClFNO. The predicted molar refractivity (Wildman–Crippen MR) is 72.0 cm³/mol. The minimum atomic E-state index is -0.423. The third-order valence-corrected chi connectivity index (χ3v) is 3.45. The average molecular weight is 276 g/mol. The Kier molecular flexibility index (Phi) is 3.07. The number of aromatic nitrogens is 1. The van der Waals surface area contributed by atoms with E-state index in [1.165, 1.54) is 12.1 Å². The average Bonchev–Trinajstić information content (AvgIpc) is 3.22. The predicted octanol–water partition coefficient (Wildman–Crippen LogP) is 4.23. The lowest BCUT2D eigenvalue weighted by atomic mass is 10.00. The van der Waals surface area contributed by atoms with E-state index in [0.717, 1.165) is 24.1 Å². The normalized spacial score (nSPS) is 14.4. The van der Waals surface area contributed by atoms with Crippen LogP contribution in [0, 0.1) is 5.82 Å². The van der Waals surface area contributed by atoms with Crippen molar-refractivity contribution in [1.82, 2.24) is 4.98 Å². The number of aldehydes is 1. The van der Waals surface area contributed by atoms with Crippen molar-refractivity contribution in [2.24, 2.45) is 0 Å². The van der Waals surface area contributed by atoms with Gasteiger partial charge in [-0.3, -0.25) is 4.79 Å². The molecule has 4 heteroatoms. The Bertz CT molecular complexity index is 653. The molecule has 1 aromatic heterocycles. The Morgan fingerprint density at radius 1 is 1.26 bits per heavy atom. The van der Waals surface area contributed by atoms with E-state index in [4.69, 9.17) is 11.6 Å². The molecule has 0 N–H and O–H groups in total. The second-order valence-electron chi connectivity index (χ2n) is 4.73. The molecule has 96 valence electrons. The molecule has 0 bridgehead atoms. The van der Waals surface area contributed by atoms with Crippen molar-refractivity contribution < 1.29 is 9.18 Å². The molecule has 0 atom stereocenters. The van der Waals surface area contributed by atoms with Gasteiger partial charge in [-0.25, -0.2) is 9.37 Å². The standard InChI is InChI=1S/C15H11ClFNO/c16-15-7-10(6-14(18-15)9-1-2-9)13-4-3-12(17)5-11(13)8-19/h3-9H,1-2H2. The highest BCUT2D eigenvalue weighted by Gasteiger charge is 2.26. The first-order chi connectivity index (χ1) is 9.17. The summed E-state index contributed by atoms with van der Waals surface area (Å²) in [6.07, 6.45) is 2.90. The van der Waals surface area contributed by atoms with Gasteiger partial charge in [-0.05, 0) is 48.2 Å². The zero-order valence-corrected chi connectivity index (χ0v) is 10.8. The van der Waals surface area contributed by atoms with E-state index in [9.17, 15) is 9.18 Å². The molecule has 0 aliphatic heterocycles. The van der Waals surface area contributed by atoms with Gasteiger partial charge in [0.2, 0.25) is 0 Å². The minimum Gasteiger partial charge on any atom is -0.298 e. The summed E-state index contributed by atoms with van der Waals surface area (Å²) in [7, 11) is 0. The Morgan fingerprint density at radius 2 is 2.05 bits per heavy atom. The van der Waals surface area contributed by atoms with Crippen LogP contribution < -0.4 is 0 Å².